The summed E-state index contributed by atoms with van der Waals surface area (Å²) in [6.07, 6.45) is 6.20. The molecule has 1 saturated carbocycles. The molecule has 0 bridgehead atoms. The SMILES string of the molecule is CCCN(CCC)C(=O)c1ccc(NC(=O)C2CCCC2)cc1. The van der Waals surface area contributed by atoms with Crippen molar-refractivity contribution >= 4 is 17.5 Å². The number of hydrogen-bond acceptors (Lipinski definition) is 2. The number of nitrogens with zero attached hydrogens (tertiary/aromatic N) is 1. The van der Waals surface area contributed by atoms with E-state index in [1.807, 2.05) is 29.2 Å². The first-order chi connectivity index (χ1) is 11.2. The summed E-state index contributed by atoms with van der Waals surface area (Å²) in [4.78, 5) is 26.5. The van der Waals surface area contributed by atoms with Crippen LogP contribution in [0.25, 0.3) is 0 Å². The Morgan fingerprint density at radius 1 is 1.04 bits per heavy atom. The third kappa shape index (κ3) is 4.81. The van der Waals surface area contributed by atoms with Crippen LogP contribution in [-0.4, -0.2) is 29.8 Å². The van der Waals surface area contributed by atoms with E-state index in [1.165, 1.54) is 0 Å². The molecular formula is C19H28N2O2. The molecule has 2 amide bonds. The van der Waals surface area contributed by atoms with E-state index in [-0.39, 0.29) is 17.7 Å². The third-order valence-corrected chi connectivity index (χ3v) is 4.40. The molecule has 0 unspecified atom stereocenters. The first-order valence-electron chi connectivity index (χ1n) is 8.86. The van der Waals surface area contributed by atoms with E-state index in [4.69, 9.17) is 0 Å². The molecule has 0 heterocycles. The summed E-state index contributed by atoms with van der Waals surface area (Å²) in [6, 6.07) is 7.28. The molecule has 0 radical (unpaired) electrons. The lowest BCUT2D eigenvalue weighted by molar-refractivity contribution is -0.119. The molecule has 0 saturated heterocycles. The largest absolute Gasteiger partial charge is 0.339 e. The molecule has 0 aromatic heterocycles. The van der Waals surface area contributed by atoms with Gasteiger partial charge in [0.25, 0.3) is 5.91 Å². The number of anilines is 1. The van der Waals surface area contributed by atoms with Gasteiger partial charge in [-0.15, -0.1) is 0 Å². The van der Waals surface area contributed by atoms with Gasteiger partial charge in [-0.2, -0.15) is 0 Å². The number of hydrogen-bond donors (Lipinski definition) is 1. The lowest BCUT2D eigenvalue weighted by Gasteiger charge is -2.21. The van der Waals surface area contributed by atoms with Crippen molar-refractivity contribution < 1.29 is 9.59 Å². The molecule has 1 aromatic rings. The zero-order valence-electron chi connectivity index (χ0n) is 14.3. The molecular weight excluding hydrogens is 288 g/mol. The fourth-order valence-corrected chi connectivity index (χ4v) is 3.17. The Morgan fingerprint density at radius 2 is 1.61 bits per heavy atom. The van der Waals surface area contributed by atoms with E-state index in [2.05, 4.69) is 19.2 Å². The maximum absolute atomic E-state index is 12.5. The number of carbonyl (C=O) groups is 2. The topological polar surface area (TPSA) is 49.4 Å². The maximum Gasteiger partial charge on any atom is 0.253 e. The Morgan fingerprint density at radius 3 is 2.13 bits per heavy atom. The fourth-order valence-electron chi connectivity index (χ4n) is 3.17. The van der Waals surface area contributed by atoms with Crippen molar-refractivity contribution in [1.82, 2.24) is 4.90 Å². The predicted octanol–water partition coefficient (Wildman–Crippen LogP) is 4.08. The van der Waals surface area contributed by atoms with Crippen molar-refractivity contribution in [3.05, 3.63) is 29.8 Å². The smallest absolute Gasteiger partial charge is 0.253 e. The Hall–Kier alpha value is -1.84. The van der Waals surface area contributed by atoms with Crippen molar-refractivity contribution in [3.63, 3.8) is 0 Å². The summed E-state index contributed by atoms with van der Waals surface area (Å²) in [6.45, 7) is 5.73. The molecule has 1 N–H and O–H groups in total. The lowest BCUT2D eigenvalue weighted by Crippen LogP contribution is -2.32. The normalized spacial score (nSPS) is 14.7. The van der Waals surface area contributed by atoms with Crippen molar-refractivity contribution in [1.29, 1.82) is 0 Å². The molecule has 1 aliphatic rings. The van der Waals surface area contributed by atoms with Crippen LogP contribution < -0.4 is 5.32 Å². The molecule has 4 nitrogen and oxygen atoms in total. The van der Waals surface area contributed by atoms with Crippen molar-refractivity contribution in [2.24, 2.45) is 5.92 Å². The van der Waals surface area contributed by atoms with Gasteiger partial charge in [0.1, 0.15) is 0 Å². The van der Waals surface area contributed by atoms with Gasteiger partial charge in [-0.1, -0.05) is 26.7 Å². The van der Waals surface area contributed by atoms with Crippen LogP contribution in [-0.2, 0) is 4.79 Å². The molecule has 126 valence electrons. The Labute approximate surface area is 139 Å². The lowest BCUT2D eigenvalue weighted by atomic mass is 10.1. The molecule has 0 atom stereocenters. The van der Waals surface area contributed by atoms with Gasteiger partial charge < -0.3 is 10.2 Å². The molecule has 0 spiro atoms. The quantitative estimate of drug-likeness (QED) is 0.824. The monoisotopic (exact) mass is 316 g/mol. The van der Waals surface area contributed by atoms with Gasteiger partial charge in [0.15, 0.2) is 0 Å². The van der Waals surface area contributed by atoms with E-state index in [0.29, 0.717) is 5.56 Å². The second-order valence-electron chi connectivity index (χ2n) is 6.34. The van der Waals surface area contributed by atoms with Crippen LogP contribution >= 0.6 is 0 Å². The predicted molar refractivity (Wildman–Crippen MR) is 93.5 cm³/mol. The van der Waals surface area contributed by atoms with E-state index in [0.717, 1.165) is 57.3 Å². The van der Waals surface area contributed by atoms with Gasteiger partial charge in [-0.05, 0) is 49.9 Å². The van der Waals surface area contributed by atoms with Crippen molar-refractivity contribution in [2.75, 3.05) is 18.4 Å². The Bertz CT molecular complexity index is 513. The fraction of sp³-hybridized carbons (Fsp3) is 0.579. The maximum atomic E-state index is 12.5. The van der Waals surface area contributed by atoms with Crippen LogP contribution in [0, 0.1) is 5.92 Å². The standard InChI is InChI=1S/C19H28N2O2/c1-3-13-21(14-4-2)19(23)16-9-11-17(12-10-16)20-18(22)15-7-5-6-8-15/h9-12,15H,3-8,13-14H2,1-2H3,(H,20,22). The Balaban J connectivity index is 1.97. The highest BCUT2D eigenvalue weighted by atomic mass is 16.2. The van der Waals surface area contributed by atoms with Crippen molar-refractivity contribution in [2.45, 2.75) is 52.4 Å². The van der Waals surface area contributed by atoms with Crippen LogP contribution in [0.4, 0.5) is 5.69 Å². The van der Waals surface area contributed by atoms with E-state index >= 15 is 0 Å². The molecule has 0 aliphatic heterocycles. The summed E-state index contributed by atoms with van der Waals surface area (Å²) < 4.78 is 0. The number of benzene rings is 1. The van der Waals surface area contributed by atoms with Crippen LogP contribution in [0.3, 0.4) is 0 Å². The highest BCUT2D eigenvalue weighted by molar-refractivity contribution is 5.96. The van der Waals surface area contributed by atoms with Crippen LogP contribution in [0.15, 0.2) is 24.3 Å². The molecule has 23 heavy (non-hydrogen) atoms. The number of rotatable bonds is 7. The van der Waals surface area contributed by atoms with Gasteiger partial charge in [0.2, 0.25) is 5.91 Å². The van der Waals surface area contributed by atoms with Crippen LogP contribution in [0.1, 0.15) is 62.7 Å². The summed E-state index contributed by atoms with van der Waals surface area (Å²) in [5.41, 5.74) is 1.46. The van der Waals surface area contributed by atoms with E-state index in [9.17, 15) is 9.59 Å². The second-order valence-corrected chi connectivity index (χ2v) is 6.34. The first-order valence-corrected chi connectivity index (χ1v) is 8.86. The van der Waals surface area contributed by atoms with Gasteiger partial charge in [0.05, 0.1) is 0 Å². The molecule has 4 heteroatoms. The third-order valence-electron chi connectivity index (χ3n) is 4.40. The molecule has 1 aromatic carbocycles. The number of carbonyl (C=O) groups excluding carboxylic acids is 2. The highest BCUT2D eigenvalue weighted by Gasteiger charge is 2.22. The van der Waals surface area contributed by atoms with Crippen molar-refractivity contribution in [3.8, 4) is 0 Å². The number of amides is 2. The first kappa shape index (κ1) is 17.5. The van der Waals surface area contributed by atoms with Gasteiger partial charge >= 0.3 is 0 Å². The second kappa shape index (κ2) is 8.70. The van der Waals surface area contributed by atoms with E-state index < -0.39 is 0 Å². The van der Waals surface area contributed by atoms with Gasteiger partial charge in [-0.3, -0.25) is 9.59 Å². The number of nitrogens with one attached hydrogen (secondary N) is 1. The summed E-state index contributed by atoms with van der Waals surface area (Å²) in [5, 5.41) is 2.97. The Kier molecular flexibility index (Phi) is 6.63. The minimum absolute atomic E-state index is 0.0716. The molecule has 1 aliphatic carbocycles. The zero-order chi connectivity index (χ0) is 16.7. The van der Waals surface area contributed by atoms with Crippen LogP contribution in [0.2, 0.25) is 0 Å². The van der Waals surface area contributed by atoms with Gasteiger partial charge in [-0.25, -0.2) is 0 Å². The average molecular weight is 316 g/mol. The minimum atomic E-state index is 0.0716. The summed E-state index contributed by atoms with van der Waals surface area (Å²) in [7, 11) is 0. The van der Waals surface area contributed by atoms with Crippen LogP contribution in [0.5, 0.6) is 0 Å². The van der Waals surface area contributed by atoms with Gasteiger partial charge in [0, 0.05) is 30.3 Å². The minimum Gasteiger partial charge on any atom is -0.339 e. The molecule has 1 fully saturated rings. The van der Waals surface area contributed by atoms with E-state index in [1.54, 1.807) is 0 Å². The average Bonchev–Trinajstić information content (AvgIpc) is 3.09. The molecule has 2 rings (SSSR count). The summed E-state index contributed by atoms with van der Waals surface area (Å²) >= 11 is 0. The summed E-state index contributed by atoms with van der Waals surface area (Å²) in [5.74, 6) is 0.337. The zero-order valence-corrected chi connectivity index (χ0v) is 14.3. The highest BCUT2D eigenvalue weighted by Crippen LogP contribution is 2.26.